The quantitative estimate of drug-likeness (QED) is 0.117. The molecule has 11 nitrogen and oxygen atoms in total. The Morgan fingerprint density at radius 2 is 1.87 bits per heavy atom. The lowest BCUT2D eigenvalue weighted by atomic mass is 9.94. The van der Waals surface area contributed by atoms with Crippen molar-refractivity contribution in [2.45, 2.75) is 122 Å². The number of amides is 1. The van der Waals surface area contributed by atoms with Crippen molar-refractivity contribution in [3.63, 3.8) is 0 Å². The highest BCUT2D eigenvalue weighted by Gasteiger charge is 2.28. The molecule has 2 aromatic heterocycles. The molecular weight excluding hydrogens is 686 g/mol. The summed E-state index contributed by atoms with van der Waals surface area (Å²) >= 11 is 0. The molecule has 0 spiro atoms. The molecule has 0 radical (unpaired) electrons. The van der Waals surface area contributed by atoms with E-state index in [4.69, 9.17) is 29.4 Å². The second-order valence-electron chi connectivity index (χ2n) is 15.7. The number of rotatable bonds is 17. The topological polar surface area (TPSA) is 127 Å². The number of hydrogen-bond donors (Lipinski definition) is 1. The molecule has 2 aliphatic heterocycles. The molecule has 2 aromatic carbocycles. The van der Waals surface area contributed by atoms with Crippen LogP contribution in [0.25, 0.3) is 11.0 Å². The van der Waals surface area contributed by atoms with E-state index in [2.05, 4.69) is 40.5 Å². The molecule has 2 saturated heterocycles. The van der Waals surface area contributed by atoms with E-state index in [1.54, 1.807) is 24.5 Å². The first kappa shape index (κ1) is 39.3. The number of halogens is 1. The van der Waals surface area contributed by atoms with E-state index in [0.717, 1.165) is 80.8 Å². The molecule has 1 N–H and O–H groups in total. The van der Waals surface area contributed by atoms with Crippen molar-refractivity contribution in [1.82, 2.24) is 29.7 Å². The lowest BCUT2D eigenvalue weighted by Crippen LogP contribution is -2.44. The minimum atomic E-state index is -0.483. The number of nitrogens with one attached hydrogen (secondary N) is 1. The van der Waals surface area contributed by atoms with Crippen LogP contribution in [-0.2, 0) is 29.2 Å². The highest BCUT2D eigenvalue weighted by atomic mass is 19.1. The number of nitriles is 1. The standard InChI is InChI=1S/C42H54FN7O4/c1-6-15-42(5,7-2)54-20-16-41(3,4)48-40(51)31-10-11-35-37(22-31)50(26-33-14-19-52-33)38(46-35)27-49-17-12-30(13-18-49)36-24-45-25-39(47-36)53-28-32-9-8-29(23-44)21-34(32)43/h8-11,21-22,24-25,30,33H,6-7,12-20,26-28H2,1-5H3,(H,48,51)/t33-,42-/m0/s1. The van der Waals surface area contributed by atoms with Crippen LogP contribution in [0.15, 0.2) is 48.8 Å². The summed E-state index contributed by atoms with van der Waals surface area (Å²) in [6.45, 7) is 15.1. The van der Waals surface area contributed by atoms with Crippen molar-refractivity contribution in [2.24, 2.45) is 0 Å². The number of benzene rings is 2. The van der Waals surface area contributed by atoms with E-state index in [0.29, 0.717) is 43.1 Å². The zero-order valence-corrected chi connectivity index (χ0v) is 32.4. The van der Waals surface area contributed by atoms with Gasteiger partial charge in [-0.15, -0.1) is 0 Å². The Morgan fingerprint density at radius 3 is 2.56 bits per heavy atom. The number of ether oxygens (including phenoxy) is 3. The first-order valence-corrected chi connectivity index (χ1v) is 19.4. The predicted octanol–water partition coefficient (Wildman–Crippen LogP) is 7.47. The third-order valence-electron chi connectivity index (χ3n) is 11.0. The Hall–Kier alpha value is -4.44. The number of aromatic nitrogens is 4. The summed E-state index contributed by atoms with van der Waals surface area (Å²) in [7, 11) is 0. The lowest BCUT2D eigenvalue weighted by Gasteiger charge is -2.32. The zero-order valence-electron chi connectivity index (χ0n) is 32.4. The van der Waals surface area contributed by atoms with Gasteiger partial charge >= 0.3 is 0 Å². The van der Waals surface area contributed by atoms with Crippen molar-refractivity contribution < 1.29 is 23.4 Å². The van der Waals surface area contributed by atoms with E-state index in [1.807, 2.05) is 38.1 Å². The molecular formula is C42H54FN7O4. The fourth-order valence-electron chi connectivity index (χ4n) is 7.25. The average Bonchev–Trinajstić information content (AvgIpc) is 3.48. The number of piperidine rings is 1. The van der Waals surface area contributed by atoms with Gasteiger partial charge in [0, 0.05) is 42.0 Å². The molecule has 0 bridgehead atoms. The molecule has 4 heterocycles. The normalized spacial score (nSPS) is 17.8. The smallest absolute Gasteiger partial charge is 0.251 e. The molecule has 2 aliphatic rings. The van der Waals surface area contributed by atoms with Crippen LogP contribution >= 0.6 is 0 Å². The SMILES string of the molecule is CCC[C@](C)(CC)OCCC(C)(C)NC(=O)c1ccc2nc(CN3CCC(c4cncc(OCc5ccc(C#N)cc5F)n4)CC3)n(C[C@@H]3CCO3)c2c1. The van der Waals surface area contributed by atoms with Crippen molar-refractivity contribution in [2.75, 3.05) is 26.3 Å². The minimum absolute atomic E-state index is 0.00150. The van der Waals surface area contributed by atoms with E-state index in [9.17, 15) is 9.18 Å². The second-order valence-corrected chi connectivity index (χ2v) is 15.7. The molecule has 0 unspecified atom stereocenters. The molecule has 6 rings (SSSR count). The molecule has 2 fully saturated rings. The Kier molecular flexibility index (Phi) is 12.6. The highest BCUT2D eigenvalue weighted by Crippen LogP contribution is 2.30. The van der Waals surface area contributed by atoms with Crippen molar-refractivity contribution in [3.8, 4) is 11.9 Å². The number of carbonyl (C=O) groups excluding carboxylic acids is 1. The number of fused-ring (bicyclic) bond motifs is 1. The Labute approximate surface area is 318 Å². The van der Waals surface area contributed by atoms with Crippen LogP contribution in [0.5, 0.6) is 5.88 Å². The molecule has 54 heavy (non-hydrogen) atoms. The summed E-state index contributed by atoms with van der Waals surface area (Å²) < 4.78 is 34.5. The fourth-order valence-corrected chi connectivity index (χ4v) is 7.25. The van der Waals surface area contributed by atoms with E-state index in [1.165, 1.54) is 6.07 Å². The summed E-state index contributed by atoms with van der Waals surface area (Å²) in [6.07, 6.45) is 10.0. The molecule has 0 saturated carbocycles. The van der Waals surface area contributed by atoms with Gasteiger partial charge in [-0.25, -0.2) is 14.4 Å². The summed E-state index contributed by atoms with van der Waals surface area (Å²) in [5.41, 5.74) is 3.33. The average molecular weight is 740 g/mol. The van der Waals surface area contributed by atoms with Gasteiger partial charge in [0.05, 0.1) is 59.4 Å². The second kappa shape index (κ2) is 17.4. The fraction of sp³-hybridized carbons (Fsp3) is 0.548. The molecule has 4 aromatic rings. The van der Waals surface area contributed by atoms with E-state index >= 15 is 0 Å². The first-order valence-electron chi connectivity index (χ1n) is 19.4. The number of hydrogen-bond acceptors (Lipinski definition) is 9. The van der Waals surface area contributed by atoms with Gasteiger partial charge in [0.1, 0.15) is 18.2 Å². The molecule has 1 amide bonds. The third-order valence-corrected chi connectivity index (χ3v) is 11.0. The van der Waals surface area contributed by atoms with Crippen LogP contribution < -0.4 is 10.1 Å². The van der Waals surface area contributed by atoms with E-state index in [-0.39, 0.29) is 35.7 Å². The summed E-state index contributed by atoms with van der Waals surface area (Å²) in [6, 6.07) is 12.1. The Morgan fingerprint density at radius 1 is 1.07 bits per heavy atom. The predicted molar refractivity (Wildman–Crippen MR) is 205 cm³/mol. The molecule has 288 valence electrons. The third kappa shape index (κ3) is 9.80. The van der Waals surface area contributed by atoms with Gasteiger partial charge in [0.2, 0.25) is 5.88 Å². The van der Waals surface area contributed by atoms with Crippen LogP contribution in [0.4, 0.5) is 4.39 Å². The molecule has 0 aliphatic carbocycles. The maximum Gasteiger partial charge on any atom is 0.251 e. The van der Waals surface area contributed by atoms with Crippen LogP contribution in [0.3, 0.4) is 0 Å². The van der Waals surface area contributed by atoms with Crippen molar-refractivity contribution in [1.29, 1.82) is 5.26 Å². The van der Waals surface area contributed by atoms with Gasteiger partial charge in [0.25, 0.3) is 5.91 Å². The van der Waals surface area contributed by atoms with Crippen molar-refractivity contribution >= 4 is 16.9 Å². The monoisotopic (exact) mass is 739 g/mol. The van der Waals surface area contributed by atoms with Gasteiger partial charge in [0.15, 0.2) is 0 Å². The lowest BCUT2D eigenvalue weighted by molar-refractivity contribution is -0.0592. The van der Waals surface area contributed by atoms with Crippen LogP contribution in [0, 0.1) is 17.1 Å². The first-order chi connectivity index (χ1) is 26.0. The molecule has 2 atom stereocenters. The number of carbonyl (C=O) groups is 1. The summed E-state index contributed by atoms with van der Waals surface area (Å²) in [5.74, 6) is 0.937. The van der Waals surface area contributed by atoms with Crippen molar-refractivity contribution in [3.05, 3.63) is 82.8 Å². The molecule has 12 heteroatoms. The Bertz CT molecular complexity index is 1950. The van der Waals surface area contributed by atoms with Gasteiger partial charge in [-0.05, 0) is 103 Å². The van der Waals surface area contributed by atoms with Crippen LogP contribution in [0.1, 0.15) is 118 Å². The Balaban J connectivity index is 1.08. The summed E-state index contributed by atoms with van der Waals surface area (Å²) in [4.78, 5) is 30.1. The van der Waals surface area contributed by atoms with Gasteiger partial charge in [-0.3, -0.25) is 14.7 Å². The van der Waals surface area contributed by atoms with E-state index < -0.39 is 11.4 Å². The zero-order chi connectivity index (χ0) is 38.3. The van der Waals surface area contributed by atoms with Gasteiger partial charge < -0.3 is 24.1 Å². The minimum Gasteiger partial charge on any atom is -0.472 e. The maximum atomic E-state index is 14.4. The number of imidazole rings is 1. The summed E-state index contributed by atoms with van der Waals surface area (Å²) in [5, 5.41) is 12.2. The largest absolute Gasteiger partial charge is 0.472 e. The number of nitrogens with zero attached hydrogens (tertiary/aromatic N) is 6. The van der Waals surface area contributed by atoms with Gasteiger partial charge in [-0.2, -0.15) is 5.26 Å². The maximum absolute atomic E-state index is 14.4. The van der Waals surface area contributed by atoms with Crippen LogP contribution in [0.2, 0.25) is 0 Å². The number of likely N-dealkylation sites (tertiary alicyclic amines) is 1. The van der Waals surface area contributed by atoms with Crippen LogP contribution in [-0.4, -0.2) is 73.9 Å². The highest BCUT2D eigenvalue weighted by molar-refractivity contribution is 5.97. The van der Waals surface area contributed by atoms with Gasteiger partial charge in [-0.1, -0.05) is 26.3 Å².